The summed E-state index contributed by atoms with van der Waals surface area (Å²) in [6.07, 6.45) is 0. The topological polar surface area (TPSA) is 93.2 Å². The fourth-order valence-electron chi connectivity index (χ4n) is 3.12. The lowest BCUT2D eigenvalue weighted by Gasteiger charge is -2.22. The van der Waals surface area contributed by atoms with Crippen molar-refractivity contribution in [1.29, 1.82) is 0 Å². The van der Waals surface area contributed by atoms with Gasteiger partial charge in [-0.1, -0.05) is 24.3 Å². The number of rotatable bonds is 7. The Morgan fingerprint density at radius 2 is 1.57 bits per heavy atom. The number of ether oxygens (including phenoxy) is 2. The van der Waals surface area contributed by atoms with Crippen LogP contribution in [-0.4, -0.2) is 60.3 Å². The maximum atomic E-state index is 12.5. The molecule has 156 valence electrons. The lowest BCUT2D eigenvalue weighted by Crippen LogP contribution is -2.44. The van der Waals surface area contributed by atoms with Crippen LogP contribution in [0.3, 0.4) is 0 Å². The fourth-order valence-corrected chi connectivity index (χ4v) is 3.12. The number of imide groups is 1. The number of methoxy groups -OCH3 is 1. The second kappa shape index (κ2) is 8.77. The van der Waals surface area contributed by atoms with Crippen molar-refractivity contribution in [3.8, 4) is 5.75 Å². The summed E-state index contributed by atoms with van der Waals surface area (Å²) in [6, 6.07) is 12.5. The zero-order chi connectivity index (χ0) is 21.8. The first-order valence-corrected chi connectivity index (χ1v) is 9.34. The van der Waals surface area contributed by atoms with Crippen LogP contribution in [0.2, 0.25) is 0 Å². The highest BCUT2D eigenvalue weighted by Gasteiger charge is 2.41. The van der Waals surface area contributed by atoms with E-state index in [0.29, 0.717) is 12.3 Å². The number of carbonyl (C=O) groups is 4. The third-order valence-electron chi connectivity index (χ3n) is 4.90. The van der Waals surface area contributed by atoms with E-state index in [2.05, 4.69) is 0 Å². The molecule has 30 heavy (non-hydrogen) atoms. The number of hydrogen-bond donors (Lipinski definition) is 0. The number of esters is 1. The van der Waals surface area contributed by atoms with Gasteiger partial charge in [-0.05, 0) is 36.8 Å². The summed E-state index contributed by atoms with van der Waals surface area (Å²) in [5.41, 5.74) is 1.38. The number of nitrogens with zero attached hydrogens (tertiary/aromatic N) is 2. The molecular formula is C22H22N2O6. The van der Waals surface area contributed by atoms with Crippen molar-refractivity contribution >= 4 is 23.7 Å². The number of fused-ring (bicyclic) bond motifs is 1. The van der Waals surface area contributed by atoms with Crippen LogP contribution in [0.4, 0.5) is 0 Å². The van der Waals surface area contributed by atoms with Crippen LogP contribution in [0.5, 0.6) is 5.75 Å². The molecule has 0 radical (unpaired) electrons. The van der Waals surface area contributed by atoms with Crippen molar-refractivity contribution in [3.05, 3.63) is 65.2 Å². The predicted molar refractivity (Wildman–Crippen MR) is 107 cm³/mol. The van der Waals surface area contributed by atoms with E-state index < -0.39 is 36.3 Å². The Bertz CT molecular complexity index is 950. The Morgan fingerprint density at radius 1 is 1.00 bits per heavy atom. The van der Waals surface area contributed by atoms with Crippen LogP contribution in [0, 0.1) is 0 Å². The van der Waals surface area contributed by atoms with Gasteiger partial charge in [-0.15, -0.1) is 0 Å². The van der Waals surface area contributed by atoms with Crippen molar-refractivity contribution in [2.45, 2.75) is 19.5 Å². The molecule has 0 saturated carbocycles. The van der Waals surface area contributed by atoms with Gasteiger partial charge in [0.05, 0.1) is 18.2 Å². The summed E-state index contributed by atoms with van der Waals surface area (Å²) >= 11 is 0. The summed E-state index contributed by atoms with van der Waals surface area (Å²) in [7, 11) is 3.16. The Morgan fingerprint density at radius 3 is 2.10 bits per heavy atom. The third kappa shape index (κ3) is 4.17. The van der Waals surface area contributed by atoms with E-state index >= 15 is 0 Å². The van der Waals surface area contributed by atoms with Crippen LogP contribution >= 0.6 is 0 Å². The van der Waals surface area contributed by atoms with Crippen LogP contribution in [-0.2, 0) is 20.9 Å². The van der Waals surface area contributed by atoms with Gasteiger partial charge in [0.25, 0.3) is 17.7 Å². The molecule has 0 aliphatic carbocycles. The summed E-state index contributed by atoms with van der Waals surface area (Å²) in [5.74, 6) is -1.63. The standard InChI is InChI=1S/C22H22N2O6/c1-14(24-20(26)17-6-4-5-7-18(17)21(24)27)22(28)30-13-19(25)23(2)12-15-8-10-16(29-3)11-9-15/h4-11,14H,12-13H2,1-3H3. The zero-order valence-electron chi connectivity index (χ0n) is 17.0. The molecule has 1 heterocycles. The SMILES string of the molecule is COc1ccc(CN(C)C(=O)COC(=O)C(C)N2C(=O)c3ccccc3C2=O)cc1. The molecule has 1 aliphatic heterocycles. The maximum absolute atomic E-state index is 12.5. The lowest BCUT2D eigenvalue weighted by molar-refractivity contribution is -0.154. The summed E-state index contributed by atoms with van der Waals surface area (Å²) in [5, 5.41) is 0. The van der Waals surface area contributed by atoms with Gasteiger partial charge < -0.3 is 14.4 Å². The quantitative estimate of drug-likeness (QED) is 0.511. The van der Waals surface area contributed by atoms with Crippen LogP contribution < -0.4 is 4.74 Å². The Labute approximate surface area is 174 Å². The molecule has 2 aromatic carbocycles. The summed E-state index contributed by atoms with van der Waals surface area (Å²) in [4.78, 5) is 51.9. The molecule has 3 rings (SSSR count). The molecule has 8 heteroatoms. The molecule has 0 spiro atoms. The van der Waals surface area contributed by atoms with Gasteiger partial charge in [0.1, 0.15) is 11.8 Å². The Hall–Kier alpha value is -3.68. The van der Waals surface area contributed by atoms with Gasteiger partial charge in [-0.25, -0.2) is 4.79 Å². The fraction of sp³-hybridized carbons (Fsp3) is 0.273. The van der Waals surface area contributed by atoms with Gasteiger partial charge in [0, 0.05) is 13.6 Å². The summed E-state index contributed by atoms with van der Waals surface area (Å²) < 4.78 is 10.2. The van der Waals surface area contributed by atoms with Crippen molar-refractivity contribution in [3.63, 3.8) is 0 Å². The molecule has 0 fully saturated rings. The predicted octanol–water partition coefficient (Wildman–Crippen LogP) is 1.88. The highest BCUT2D eigenvalue weighted by atomic mass is 16.5. The van der Waals surface area contributed by atoms with Crippen LogP contribution in [0.25, 0.3) is 0 Å². The van der Waals surface area contributed by atoms with Crippen LogP contribution in [0.1, 0.15) is 33.2 Å². The minimum atomic E-state index is -1.14. The van der Waals surface area contributed by atoms with Crippen LogP contribution in [0.15, 0.2) is 48.5 Å². The monoisotopic (exact) mass is 410 g/mol. The minimum Gasteiger partial charge on any atom is -0.497 e. The zero-order valence-corrected chi connectivity index (χ0v) is 17.0. The second-order valence-corrected chi connectivity index (χ2v) is 6.91. The third-order valence-corrected chi connectivity index (χ3v) is 4.90. The van der Waals surface area contributed by atoms with Crippen molar-refractivity contribution in [2.75, 3.05) is 20.8 Å². The van der Waals surface area contributed by atoms with E-state index in [-0.39, 0.29) is 11.1 Å². The largest absolute Gasteiger partial charge is 0.497 e. The number of hydrogen-bond acceptors (Lipinski definition) is 6. The average Bonchev–Trinajstić information content (AvgIpc) is 3.02. The first-order valence-electron chi connectivity index (χ1n) is 9.34. The molecule has 1 aliphatic rings. The highest BCUT2D eigenvalue weighted by Crippen LogP contribution is 2.24. The molecule has 3 amide bonds. The lowest BCUT2D eigenvalue weighted by atomic mass is 10.1. The van der Waals surface area contributed by atoms with E-state index in [9.17, 15) is 19.2 Å². The smallest absolute Gasteiger partial charge is 0.329 e. The number of amides is 3. The van der Waals surface area contributed by atoms with E-state index in [1.807, 2.05) is 12.1 Å². The highest BCUT2D eigenvalue weighted by molar-refractivity contribution is 6.22. The molecule has 0 aromatic heterocycles. The molecule has 1 unspecified atom stereocenters. The van der Waals surface area contributed by atoms with E-state index in [4.69, 9.17) is 9.47 Å². The maximum Gasteiger partial charge on any atom is 0.329 e. The van der Waals surface area contributed by atoms with Crippen molar-refractivity contribution in [1.82, 2.24) is 9.80 Å². The number of likely N-dealkylation sites (N-methyl/N-ethyl adjacent to an activating group) is 1. The molecule has 8 nitrogen and oxygen atoms in total. The first-order chi connectivity index (χ1) is 14.3. The van der Waals surface area contributed by atoms with Gasteiger partial charge in [0.2, 0.25) is 0 Å². The summed E-state index contributed by atoms with van der Waals surface area (Å²) in [6.45, 7) is 1.24. The number of carbonyl (C=O) groups excluding carboxylic acids is 4. The van der Waals surface area contributed by atoms with E-state index in [1.54, 1.807) is 38.4 Å². The molecule has 1 atom stereocenters. The molecule has 2 aromatic rings. The average molecular weight is 410 g/mol. The van der Waals surface area contributed by atoms with Gasteiger partial charge in [0.15, 0.2) is 6.61 Å². The van der Waals surface area contributed by atoms with Gasteiger partial charge in [-0.2, -0.15) is 0 Å². The van der Waals surface area contributed by atoms with Gasteiger partial charge in [-0.3, -0.25) is 19.3 Å². The van der Waals surface area contributed by atoms with E-state index in [0.717, 1.165) is 10.5 Å². The second-order valence-electron chi connectivity index (χ2n) is 6.91. The van der Waals surface area contributed by atoms with E-state index in [1.165, 1.54) is 24.0 Å². The Kier molecular flexibility index (Phi) is 6.15. The van der Waals surface area contributed by atoms with Crippen molar-refractivity contribution < 1.29 is 28.7 Å². The minimum absolute atomic E-state index is 0.248. The molecule has 0 bridgehead atoms. The molecular weight excluding hydrogens is 388 g/mol. The number of benzene rings is 2. The molecule has 0 saturated heterocycles. The molecule has 0 N–H and O–H groups in total. The van der Waals surface area contributed by atoms with Gasteiger partial charge >= 0.3 is 5.97 Å². The van der Waals surface area contributed by atoms with Crippen molar-refractivity contribution in [2.24, 2.45) is 0 Å². The first kappa shape index (κ1) is 21.0. The normalized spacial score (nSPS) is 13.6. The Balaban J connectivity index is 1.55.